The number of fused-ring (bicyclic) bond motifs is 1. The molecule has 0 aromatic carbocycles. The Balaban J connectivity index is 2.91. The Kier molecular flexibility index (Phi) is 1.54. The van der Waals surface area contributed by atoms with Crippen LogP contribution >= 0.6 is 15.9 Å². The van der Waals surface area contributed by atoms with Crippen LogP contribution in [0.2, 0.25) is 0 Å². The molecule has 4 heteroatoms. The first-order chi connectivity index (χ1) is 5.38. The van der Waals surface area contributed by atoms with Crippen LogP contribution < -0.4 is 0 Å². The van der Waals surface area contributed by atoms with Gasteiger partial charge in [0.1, 0.15) is 4.60 Å². The quantitative estimate of drug-likeness (QED) is 0.622. The van der Waals surface area contributed by atoms with Gasteiger partial charge in [-0.15, -0.1) is 0 Å². The lowest BCUT2D eigenvalue weighted by Crippen LogP contribution is -1.82. The molecule has 2 rings (SSSR count). The van der Waals surface area contributed by atoms with Gasteiger partial charge in [0.15, 0.2) is 0 Å². The number of hydrogen-bond donors (Lipinski definition) is 0. The van der Waals surface area contributed by atoms with Crippen molar-refractivity contribution in [1.82, 2.24) is 15.2 Å². The summed E-state index contributed by atoms with van der Waals surface area (Å²) in [5, 5.41) is 9.54. The second kappa shape index (κ2) is 2.54. The zero-order valence-electron chi connectivity index (χ0n) is 5.53. The third kappa shape index (κ3) is 1.09. The van der Waals surface area contributed by atoms with Crippen LogP contribution in [0.1, 0.15) is 0 Å². The predicted molar refractivity (Wildman–Crippen MR) is 45.0 cm³/mol. The van der Waals surface area contributed by atoms with E-state index in [2.05, 4.69) is 31.1 Å². The highest BCUT2D eigenvalue weighted by molar-refractivity contribution is 9.10. The molecule has 54 valence electrons. The Labute approximate surface area is 71.6 Å². The lowest BCUT2D eigenvalue weighted by Gasteiger charge is -1.95. The van der Waals surface area contributed by atoms with Crippen molar-refractivity contribution in [2.24, 2.45) is 0 Å². The standard InChI is InChI=1S/C7H4BrN3/c8-7-6-4-11-10-3-5(6)1-2-9-7/h1-4H. The Morgan fingerprint density at radius 2 is 2.00 bits per heavy atom. The maximum atomic E-state index is 4.06. The van der Waals surface area contributed by atoms with Crippen molar-refractivity contribution in [3.05, 3.63) is 29.3 Å². The van der Waals surface area contributed by atoms with Crippen molar-refractivity contribution in [2.45, 2.75) is 0 Å². The largest absolute Gasteiger partial charge is 0.249 e. The Bertz CT molecular complexity index is 383. The molecule has 2 aromatic rings. The van der Waals surface area contributed by atoms with Crippen molar-refractivity contribution in [1.29, 1.82) is 0 Å². The molecule has 0 N–H and O–H groups in total. The Hall–Kier alpha value is -1.03. The lowest BCUT2D eigenvalue weighted by molar-refractivity contribution is 1.05. The number of nitrogens with zero attached hydrogens (tertiary/aromatic N) is 3. The van der Waals surface area contributed by atoms with Gasteiger partial charge in [0.05, 0.1) is 12.4 Å². The number of hydrogen-bond acceptors (Lipinski definition) is 3. The van der Waals surface area contributed by atoms with E-state index in [1.165, 1.54) is 0 Å². The minimum Gasteiger partial charge on any atom is -0.249 e. The van der Waals surface area contributed by atoms with Crippen LogP contribution in [-0.4, -0.2) is 15.2 Å². The molecule has 3 nitrogen and oxygen atoms in total. The Morgan fingerprint density at radius 1 is 1.18 bits per heavy atom. The highest BCUT2D eigenvalue weighted by atomic mass is 79.9. The third-order valence-corrected chi connectivity index (χ3v) is 2.06. The van der Waals surface area contributed by atoms with Gasteiger partial charge >= 0.3 is 0 Å². The summed E-state index contributed by atoms with van der Waals surface area (Å²) in [7, 11) is 0. The summed E-state index contributed by atoms with van der Waals surface area (Å²) >= 11 is 3.32. The summed E-state index contributed by atoms with van der Waals surface area (Å²) in [6.45, 7) is 0. The fourth-order valence-corrected chi connectivity index (χ4v) is 1.34. The first-order valence-electron chi connectivity index (χ1n) is 3.09. The molecule has 0 aliphatic heterocycles. The summed E-state index contributed by atoms with van der Waals surface area (Å²) in [5.74, 6) is 0. The van der Waals surface area contributed by atoms with E-state index >= 15 is 0 Å². The molecule has 2 aromatic heterocycles. The van der Waals surface area contributed by atoms with Gasteiger partial charge in [-0.25, -0.2) is 4.98 Å². The van der Waals surface area contributed by atoms with Gasteiger partial charge < -0.3 is 0 Å². The zero-order valence-corrected chi connectivity index (χ0v) is 7.12. The van der Waals surface area contributed by atoms with E-state index in [-0.39, 0.29) is 0 Å². The molecule has 0 spiro atoms. The zero-order chi connectivity index (χ0) is 7.68. The highest BCUT2D eigenvalue weighted by Crippen LogP contribution is 2.18. The van der Waals surface area contributed by atoms with E-state index in [0.29, 0.717) is 0 Å². The normalized spacial score (nSPS) is 10.3. The molecule has 2 heterocycles. The summed E-state index contributed by atoms with van der Waals surface area (Å²) in [6, 6.07) is 1.90. The van der Waals surface area contributed by atoms with Crippen molar-refractivity contribution in [3.8, 4) is 0 Å². The molecule has 0 aliphatic carbocycles. The monoisotopic (exact) mass is 209 g/mol. The van der Waals surface area contributed by atoms with Crippen molar-refractivity contribution < 1.29 is 0 Å². The first-order valence-corrected chi connectivity index (χ1v) is 3.88. The van der Waals surface area contributed by atoms with Crippen LogP contribution in [0.15, 0.2) is 29.3 Å². The SMILES string of the molecule is Brc1nccc2cnncc12. The van der Waals surface area contributed by atoms with Crippen molar-refractivity contribution >= 4 is 26.7 Å². The molecule has 0 aliphatic rings. The summed E-state index contributed by atoms with van der Waals surface area (Å²) in [6.07, 6.45) is 5.13. The maximum Gasteiger partial charge on any atom is 0.115 e. The van der Waals surface area contributed by atoms with Crippen LogP contribution in [-0.2, 0) is 0 Å². The van der Waals surface area contributed by atoms with Gasteiger partial charge in [-0.2, -0.15) is 10.2 Å². The summed E-state index contributed by atoms with van der Waals surface area (Å²) in [5.41, 5.74) is 0. The topological polar surface area (TPSA) is 38.7 Å². The molecule has 0 radical (unpaired) electrons. The molecular weight excluding hydrogens is 206 g/mol. The van der Waals surface area contributed by atoms with Crippen molar-refractivity contribution in [2.75, 3.05) is 0 Å². The fourth-order valence-electron chi connectivity index (χ4n) is 0.888. The highest BCUT2D eigenvalue weighted by Gasteiger charge is 1.96. The average molecular weight is 210 g/mol. The number of halogens is 1. The van der Waals surface area contributed by atoms with Crippen LogP contribution in [0, 0.1) is 0 Å². The average Bonchev–Trinajstić information content (AvgIpc) is 2.06. The van der Waals surface area contributed by atoms with E-state index in [4.69, 9.17) is 0 Å². The van der Waals surface area contributed by atoms with Crippen LogP contribution in [0.25, 0.3) is 10.8 Å². The maximum absolute atomic E-state index is 4.06. The second-order valence-electron chi connectivity index (χ2n) is 2.09. The summed E-state index contributed by atoms with van der Waals surface area (Å²) in [4.78, 5) is 4.06. The molecule has 0 bridgehead atoms. The Morgan fingerprint density at radius 3 is 2.82 bits per heavy atom. The molecule has 0 amide bonds. The predicted octanol–water partition coefficient (Wildman–Crippen LogP) is 1.79. The van der Waals surface area contributed by atoms with Crippen LogP contribution in [0.3, 0.4) is 0 Å². The molecule has 11 heavy (non-hydrogen) atoms. The third-order valence-electron chi connectivity index (χ3n) is 1.43. The van der Waals surface area contributed by atoms with E-state index in [1.54, 1.807) is 18.6 Å². The van der Waals surface area contributed by atoms with Crippen LogP contribution in [0.5, 0.6) is 0 Å². The number of aromatic nitrogens is 3. The molecular formula is C7H4BrN3. The van der Waals surface area contributed by atoms with E-state index in [1.807, 2.05) is 6.07 Å². The minimum absolute atomic E-state index is 0.810. The van der Waals surface area contributed by atoms with E-state index in [0.717, 1.165) is 15.4 Å². The smallest absolute Gasteiger partial charge is 0.115 e. The molecule has 0 unspecified atom stereocenters. The van der Waals surface area contributed by atoms with E-state index in [9.17, 15) is 0 Å². The first kappa shape index (κ1) is 6.67. The van der Waals surface area contributed by atoms with Gasteiger partial charge in [0.2, 0.25) is 0 Å². The minimum atomic E-state index is 0.810. The van der Waals surface area contributed by atoms with Crippen molar-refractivity contribution in [3.63, 3.8) is 0 Å². The second-order valence-corrected chi connectivity index (χ2v) is 2.84. The summed E-state index contributed by atoms with van der Waals surface area (Å²) < 4.78 is 0.810. The van der Waals surface area contributed by atoms with E-state index < -0.39 is 0 Å². The number of rotatable bonds is 0. The molecule has 0 saturated carbocycles. The number of pyridine rings is 1. The van der Waals surface area contributed by atoms with Gasteiger partial charge in [-0.1, -0.05) is 0 Å². The van der Waals surface area contributed by atoms with Gasteiger partial charge in [-0.3, -0.25) is 0 Å². The fraction of sp³-hybridized carbons (Fsp3) is 0. The lowest BCUT2D eigenvalue weighted by atomic mass is 10.3. The molecule has 0 saturated heterocycles. The molecule has 0 atom stereocenters. The van der Waals surface area contributed by atoms with Gasteiger partial charge in [-0.05, 0) is 22.0 Å². The van der Waals surface area contributed by atoms with Crippen LogP contribution in [0.4, 0.5) is 0 Å². The van der Waals surface area contributed by atoms with Gasteiger partial charge in [0.25, 0.3) is 0 Å². The van der Waals surface area contributed by atoms with Gasteiger partial charge in [0, 0.05) is 17.0 Å². The molecule has 0 fully saturated rings.